The molecule has 0 heterocycles. The molecule has 3 atom stereocenters. The van der Waals surface area contributed by atoms with E-state index in [-0.39, 0.29) is 19.5 Å². The molecule has 18 heavy (non-hydrogen) atoms. The molecular formula is C10H19NO7. The van der Waals surface area contributed by atoms with E-state index in [0.29, 0.717) is 6.42 Å². The maximum Gasteiger partial charge on any atom is 0.303 e. The number of carbonyl (C=O) groups is 2. The summed E-state index contributed by atoms with van der Waals surface area (Å²) < 4.78 is 0. The minimum absolute atomic E-state index is 0.0321. The molecule has 0 aromatic rings. The lowest BCUT2D eigenvalue weighted by Crippen LogP contribution is -2.46. The Balaban J connectivity index is 3.84. The average molecular weight is 265 g/mol. The van der Waals surface area contributed by atoms with Gasteiger partial charge in [0.2, 0.25) is 0 Å². The molecule has 0 aliphatic carbocycles. The number of aliphatic carboxylic acids is 1. The monoisotopic (exact) mass is 265 g/mol. The van der Waals surface area contributed by atoms with Crippen molar-refractivity contribution in [3.63, 3.8) is 0 Å². The van der Waals surface area contributed by atoms with Crippen LogP contribution in [0.15, 0.2) is 0 Å². The van der Waals surface area contributed by atoms with Crippen LogP contribution in [0.3, 0.4) is 0 Å². The highest BCUT2D eigenvalue weighted by Gasteiger charge is 2.29. The number of aliphatic hydroxyl groups excluding tert-OH is 4. The van der Waals surface area contributed by atoms with Crippen molar-refractivity contribution in [1.82, 2.24) is 5.32 Å². The number of aliphatic hydroxyl groups is 4. The summed E-state index contributed by atoms with van der Waals surface area (Å²) in [6, 6.07) is 0. The second kappa shape index (κ2) is 8.95. The lowest BCUT2D eigenvalue weighted by Gasteiger charge is -2.20. The molecule has 8 heteroatoms. The molecule has 8 nitrogen and oxygen atoms in total. The predicted molar refractivity (Wildman–Crippen MR) is 59.9 cm³/mol. The van der Waals surface area contributed by atoms with Crippen molar-refractivity contribution in [2.75, 3.05) is 19.7 Å². The molecule has 3 unspecified atom stereocenters. The maximum absolute atomic E-state index is 11.3. The van der Waals surface area contributed by atoms with Crippen molar-refractivity contribution < 1.29 is 35.1 Å². The molecular weight excluding hydrogens is 246 g/mol. The number of hydrogen-bond donors (Lipinski definition) is 6. The minimum Gasteiger partial charge on any atom is -0.481 e. The molecule has 6 N–H and O–H groups in total. The minimum atomic E-state index is -1.79. The van der Waals surface area contributed by atoms with Crippen LogP contribution in [0.4, 0.5) is 0 Å². The van der Waals surface area contributed by atoms with Gasteiger partial charge in [-0.1, -0.05) is 0 Å². The van der Waals surface area contributed by atoms with E-state index in [9.17, 15) is 19.8 Å². The maximum atomic E-state index is 11.3. The molecule has 0 saturated heterocycles. The standard InChI is InChI=1S/C10H19NO7/c12-5-7(14)10(18)9(17)6(13)4-11-3-1-2-8(15)16/h7,9-12,14,17-18H,1-5H2,(H,15,16). The molecule has 0 aromatic heterocycles. The van der Waals surface area contributed by atoms with Crippen LogP contribution in [0, 0.1) is 0 Å². The van der Waals surface area contributed by atoms with Crippen LogP contribution in [0.2, 0.25) is 0 Å². The summed E-state index contributed by atoms with van der Waals surface area (Å²) in [5.74, 6) is -1.69. The first-order valence-corrected chi connectivity index (χ1v) is 5.50. The highest BCUT2D eigenvalue weighted by molar-refractivity contribution is 5.85. The van der Waals surface area contributed by atoms with Gasteiger partial charge in [-0.3, -0.25) is 9.59 Å². The third-order valence-electron chi connectivity index (χ3n) is 2.28. The Bertz CT molecular complexity index is 271. The number of nitrogens with one attached hydrogen (secondary N) is 1. The van der Waals surface area contributed by atoms with Crippen molar-refractivity contribution in [2.45, 2.75) is 31.2 Å². The topological polar surface area (TPSA) is 147 Å². The Morgan fingerprint density at radius 2 is 1.78 bits per heavy atom. The largest absolute Gasteiger partial charge is 0.481 e. The fourth-order valence-corrected chi connectivity index (χ4v) is 1.19. The summed E-state index contributed by atoms with van der Waals surface area (Å²) in [7, 11) is 0. The molecule has 0 radical (unpaired) electrons. The van der Waals surface area contributed by atoms with Gasteiger partial charge < -0.3 is 30.8 Å². The number of ketones is 1. The Labute approximate surface area is 104 Å². The molecule has 0 rings (SSSR count). The fraction of sp³-hybridized carbons (Fsp3) is 0.800. The summed E-state index contributed by atoms with van der Waals surface area (Å²) in [6.07, 6.45) is -4.82. The van der Waals surface area contributed by atoms with Gasteiger partial charge in [0.1, 0.15) is 18.3 Å². The normalized spacial score (nSPS) is 16.0. The zero-order valence-corrected chi connectivity index (χ0v) is 9.82. The molecule has 0 aromatic carbocycles. The zero-order valence-electron chi connectivity index (χ0n) is 9.82. The number of carbonyl (C=O) groups excluding carboxylic acids is 1. The van der Waals surface area contributed by atoms with E-state index in [2.05, 4.69) is 5.32 Å². The van der Waals surface area contributed by atoms with Crippen LogP contribution in [0.5, 0.6) is 0 Å². The fourth-order valence-electron chi connectivity index (χ4n) is 1.19. The summed E-state index contributed by atoms with van der Waals surface area (Å²) >= 11 is 0. The number of rotatable bonds is 10. The lowest BCUT2D eigenvalue weighted by molar-refractivity contribution is -0.139. The van der Waals surface area contributed by atoms with E-state index < -0.39 is 36.7 Å². The van der Waals surface area contributed by atoms with E-state index in [4.69, 9.17) is 15.3 Å². The van der Waals surface area contributed by atoms with Crippen LogP contribution >= 0.6 is 0 Å². The molecule has 0 aliphatic heterocycles. The first-order valence-electron chi connectivity index (χ1n) is 5.50. The van der Waals surface area contributed by atoms with Gasteiger partial charge in [0.25, 0.3) is 0 Å². The van der Waals surface area contributed by atoms with Gasteiger partial charge in [0, 0.05) is 6.42 Å². The average Bonchev–Trinajstić information content (AvgIpc) is 2.34. The second-order valence-electron chi connectivity index (χ2n) is 3.83. The number of carboxylic acids is 1. The van der Waals surface area contributed by atoms with Crippen LogP contribution < -0.4 is 5.32 Å². The van der Waals surface area contributed by atoms with E-state index in [0.717, 1.165) is 0 Å². The summed E-state index contributed by atoms with van der Waals surface area (Å²) in [5, 5.41) is 47.1. The smallest absolute Gasteiger partial charge is 0.303 e. The van der Waals surface area contributed by atoms with E-state index in [1.807, 2.05) is 0 Å². The van der Waals surface area contributed by atoms with Crippen molar-refractivity contribution >= 4 is 11.8 Å². The van der Waals surface area contributed by atoms with Crippen LogP contribution in [0.25, 0.3) is 0 Å². The predicted octanol–water partition coefficient (Wildman–Crippen LogP) is -2.92. The van der Waals surface area contributed by atoms with Crippen LogP contribution in [0.1, 0.15) is 12.8 Å². The SMILES string of the molecule is O=C(O)CCCNCC(=O)C(O)C(O)C(O)CO. The Morgan fingerprint density at radius 1 is 1.17 bits per heavy atom. The van der Waals surface area contributed by atoms with Gasteiger partial charge in [-0.25, -0.2) is 0 Å². The molecule has 0 saturated carbocycles. The van der Waals surface area contributed by atoms with Gasteiger partial charge in [-0.15, -0.1) is 0 Å². The van der Waals surface area contributed by atoms with Gasteiger partial charge in [0.05, 0.1) is 13.2 Å². The van der Waals surface area contributed by atoms with Crippen molar-refractivity contribution in [3.05, 3.63) is 0 Å². The summed E-state index contributed by atoms with van der Waals surface area (Å²) in [4.78, 5) is 21.5. The van der Waals surface area contributed by atoms with Crippen molar-refractivity contribution in [2.24, 2.45) is 0 Å². The van der Waals surface area contributed by atoms with Crippen LogP contribution in [-0.4, -0.2) is 75.3 Å². The van der Waals surface area contributed by atoms with Gasteiger partial charge in [0.15, 0.2) is 5.78 Å². The van der Waals surface area contributed by atoms with E-state index in [1.54, 1.807) is 0 Å². The Hall–Kier alpha value is -1.06. The lowest BCUT2D eigenvalue weighted by atomic mass is 10.0. The number of hydrogen-bond acceptors (Lipinski definition) is 7. The molecule has 0 aliphatic rings. The van der Waals surface area contributed by atoms with Crippen molar-refractivity contribution in [3.8, 4) is 0 Å². The highest BCUT2D eigenvalue weighted by Crippen LogP contribution is 2.01. The molecule has 106 valence electrons. The quantitative estimate of drug-likeness (QED) is 0.230. The Kier molecular flexibility index (Phi) is 8.42. The van der Waals surface area contributed by atoms with Gasteiger partial charge in [-0.05, 0) is 13.0 Å². The highest BCUT2D eigenvalue weighted by atomic mass is 16.4. The third kappa shape index (κ3) is 6.62. The van der Waals surface area contributed by atoms with Crippen molar-refractivity contribution in [1.29, 1.82) is 0 Å². The Morgan fingerprint density at radius 3 is 2.28 bits per heavy atom. The number of carboxylic acid groups (broad SMARTS) is 1. The second-order valence-corrected chi connectivity index (χ2v) is 3.83. The first-order chi connectivity index (χ1) is 8.40. The summed E-state index contributed by atoms with van der Waals surface area (Å²) in [6.45, 7) is -0.739. The number of Topliss-reactive ketones (excluding diaryl/α,β-unsaturated/α-hetero) is 1. The molecule has 0 amide bonds. The van der Waals surface area contributed by atoms with E-state index in [1.165, 1.54) is 0 Å². The first kappa shape index (κ1) is 16.9. The molecule has 0 bridgehead atoms. The molecule has 0 spiro atoms. The van der Waals surface area contributed by atoms with Gasteiger partial charge in [-0.2, -0.15) is 0 Å². The molecule has 0 fully saturated rings. The van der Waals surface area contributed by atoms with Crippen LogP contribution in [-0.2, 0) is 9.59 Å². The van der Waals surface area contributed by atoms with Gasteiger partial charge >= 0.3 is 5.97 Å². The third-order valence-corrected chi connectivity index (χ3v) is 2.28. The summed E-state index contributed by atoms with van der Waals surface area (Å²) in [5.41, 5.74) is 0. The van der Waals surface area contributed by atoms with E-state index >= 15 is 0 Å². The zero-order chi connectivity index (χ0) is 14.1.